The molecule has 5 nitrogen and oxygen atoms in total. The molecular weight excluding hydrogens is 605 g/mol. The first-order valence-electron chi connectivity index (χ1n) is 19.6. The zero-order valence-electron chi connectivity index (χ0n) is 30.3. The molecule has 0 heterocycles. The van der Waals surface area contributed by atoms with Crippen molar-refractivity contribution in [2.45, 2.75) is 142 Å². The average molecular weight is 677 g/mol. The Hall–Kier alpha value is -0.210. The zero-order chi connectivity index (χ0) is 33.0. The van der Waals surface area contributed by atoms with E-state index in [1.165, 1.54) is 77.0 Å². The zero-order valence-corrected chi connectivity index (χ0v) is 32.0. The fourth-order valence-corrected chi connectivity index (χ4v) is 12.8. The summed E-state index contributed by atoms with van der Waals surface area (Å²) >= 11 is 0. The number of nitrogens with two attached hydrogens (primary N) is 2. The van der Waals surface area contributed by atoms with E-state index in [-0.39, 0.29) is 0 Å². The summed E-state index contributed by atoms with van der Waals surface area (Å²) < 4.78 is 0. The van der Waals surface area contributed by atoms with Crippen LogP contribution < -0.4 is 16.8 Å². The lowest BCUT2D eigenvalue weighted by molar-refractivity contribution is -0.130. The number of carbonyl (C=O) groups excluding carboxylic acids is 1. The Morgan fingerprint density at radius 3 is 2.52 bits per heavy atom. The number of amides is 1. The van der Waals surface area contributed by atoms with Crippen LogP contribution in [0.25, 0.3) is 0 Å². The summed E-state index contributed by atoms with van der Waals surface area (Å²) in [5, 5.41) is 4.15. The first-order valence-corrected chi connectivity index (χ1v) is 22.0. The Morgan fingerprint density at radius 1 is 0.957 bits per heavy atom. The van der Waals surface area contributed by atoms with Crippen LogP contribution >= 0.6 is 21.6 Å². The third-order valence-electron chi connectivity index (χ3n) is 13.0. The molecule has 0 saturated heterocycles. The second-order valence-corrected chi connectivity index (χ2v) is 19.2. The SMILES string of the molecule is CC(C)CCCCC1CCC2C3CC=C4CC(SSCCC(=O)N(CCCN)CCCCNCCCN)CCC4(C)C3CCC12C. The fourth-order valence-electron chi connectivity index (χ4n) is 10.2. The summed E-state index contributed by atoms with van der Waals surface area (Å²) in [6, 6.07) is 0. The number of nitrogens with zero attached hydrogens (tertiary/aromatic N) is 1. The molecule has 7 heteroatoms. The Balaban J connectivity index is 1.20. The van der Waals surface area contributed by atoms with Crippen molar-refractivity contribution < 1.29 is 4.79 Å². The molecule has 0 radical (unpaired) electrons. The van der Waals surface area contributed by atoms with Crippen molar-refractivity contribution in [2.24, 2.45) is 51.9 Å². The Morgan fingerprint density at radius 2 is 1.74 bits per heavy atom. The second kappa shape index (κ2) is 19.3. The summed E-state index contributed by atoms with van der Waals surface area (Å²) in [6.07, 6.45) is 24.5. The van der Waals surface area contributed by atoms with Crippen molar-refractivity contribution in [3.63, 3.8) is 0 Å². The van der Waals surface area contributed by atoms with Gasteiger partial charge in [-0.2, -0.15) is 0 Å². The van der Waals surface area contributed by atoms with E-state index < -0.39 is 0 Å². The van der Waals surface area contributed by atoms with Gasteiger partial charge in [-0.25, -0.2) is 0 Å². The Bertz CT molecular complexity index is 945. The minimum atomic E-state index is 0.309. The summed E-state index contributed by atoms with van der Waals surface area (Å²) in [5.41, 5.74) is 14.2. The molecule has 1 amide bonds. The second-order valence-electron chi connectivity index (χ2n) is 16.4. The molecule has 0 bridgehead atoms. The molecule has 46 heavy (non-hydrogen) atoms. The van der Waals surface area contributed by atoms with Crippen molar-refractivity contribution in [1.29, 1.82) is 0 Å². The number of hydrogen-bond donors (Lipinski definition) is 3. The monoisotopic (exact) mass is 677 g/mol. The van der Waals surface area contributed by atoms with Crippen molar-refractivity contribution in [3.8, 4) is 0 Å². The van der Waals surface area contributed by atoms with Crippen LogP contribution in [0, 0.1) is 40.4 Å². The van der Waals surface area contributed by atoms with Gasteiger partial charge in [-0.15, -0.1) is 0 Å². The highest BCUT2D eigenvalue weighted by Gasteiger charge is 2.58. The maximum Gasteiger partial charge on any atom is 0.223 e. The van der Waals surface area contributed by atoms with Gasteiger partial charge in [0.1, 0.15) is 0 Å². The topological polar surface area (TPSA) is 84.4 Å². The molecule has 4 aliphatic carbocycles. The summed E-state index contributed by atoms with van der Waals surface area (Å²) in [4.78, 5) is 15.2. The van der Waals surface area contributed by atoms with Gasteiger partial charge in [0.05, 0.1) is 0 Å². The first-order chi connectivity index (χ1) is 22.2. The van der Waals surface area contributed by atoms with Gasteiger partial charge < -0.3 is 21.7 Å². The molecule has 5 N–H and O–H groups in total. The Kier molecular flexibility index (Phi) is 16.2. The average Bonchev–Trinajstić information content (AvgIpc) is 3.38. The third kappa shape index (κ3) is 10.2. The van der Waals surface area contributed by atoms with E-state index >= 15 is 0 Å². The molecule has 4 rings (SSSR count). The van der Waals surface area contributed by atoms with Crippen LogP contribution in [0.5, 0.6) is 0 Å². The molecule has 3 saturated carbocycles. The largest absolute Gasteiger partial charge is 0.343 e. The molecule has 0 aromatic carbocycles. The van der Waals surface area contributed by atoms with Gasteiger partial charge in [-0.1, -0.05) is 80.2 Å². The van der Waals surface area contributed by atoms with Gasteiger partial charge in [-0.3, -0.25) is 4.79 Å². The molecule has 0 aliphatic heterocycles. The minimum Gasteiger partial charge on any atom is -0.343 e. The van der Waals surface area contributed by atoms with Crippen LogP contribution in [0.15, 0.2) is 11.6 Å². The van der Waals surface area contributed by atoms with Gasteiger partial charge in [0.25, 0.3) is 0 Å². The van der Waals surface area contributed by atoms with Gasteiger partial charge in [0, 0.05) is 30.5 Å². The third-order valence-corrected chi connectivity index (χ3v) is 15.9. The fraction of sp³-hybridized carbons (Fsp3) is 0.923. The van der Waals surface area contributed by atoms with Crippen LogP contribution in [0.2, 0.25) is 0 Å². The molecule has 0 aromatic rings. The van der Waals surface area contributed by atoms with Crippen LogP contribution in [-0.4, -0.2) is 61.1 Å². The summed E-state index contributed by atoms with van der Waals surface area (Å²) in [6.45, 7) is 15.2. The van der Waals surface area contributed by atoms with Crippen molar-refractivity contribution in [2.75, 3.05) is 45.0 Å². The maximum absolute atomic E-state index is 13.1. The van der Waals surface area contributed by atoms with E-state index in [0.717, 1.165) is 93.7 Å². The number of carbonyl (C=O) groups is 1. The first kappa shape index (κ1) is 38.6. The predicted octanol–water partition coefficient (Wildman–Crippen LogP) is 8.82. The minimum absolute atomic E-state index is 0.309. The van der Waals surface area contributed by atoms with Gasteiger partial charge in [-0.05, 0) is 150 Å². The number of hydrogen-bond acceptors (Lipinski definition) is 6. The summed E-state index contributed by atoms with van der Waals surface area (Å²) in [5.74, 6) is 5.84. The van der Waals surface area contributed by atoms with Crippen LogP contribution in [0.1, 0.15) is 137 Å². The number of fused-ring (bicyclic) bond motifs is 5. The Labute approximate surface area is 292 Å². The number of unbranched alkanes of at least 4 members (excludes halogenated alkanes) is 2. The lowest BCUT2D eigenvalue weighted by atomic mass is 9.47. The van der Waals surface area contributed by atoms with Crippen molar-refractivity contribution in [1.82, 2.24) is 10.2 Å². The van der Waals surface area contributed by atoms with Gasteiger partial charge in [0.15, 0.2) is 0 Å². The highest BCUT2D eigenvalue weighted by molar-refractivity contribution is 8.76. The van der Waals surface area contributed by atoms with E-state index in [0.29, 0.717) is 35.0 Å². The molecule has 3 fully saturated rings. The van der Waals surface area contributed by atoms with Gasteiger partial charge >= 0.3 is 0 Å². The van der Waals surface area contributed by atoms with E-state index in [9.17, 15) is 4.79 Å². The quantitative estimate of drug-likeness (QED) is 0.0640. The van der Waals surface area contributed by atoms with Gasteiger partial charge in [0.2, 0.25) is 5.91 Å². The molecule has 7 atom stereocenters. The molecule has 4 aliphatic rings. The number of nitrogens with one attached hydrogen (secondary N) is 1. The predicted molar refractivity (Wildman–Crippen MR) is 203 cm³/mol. The van der Waals surface area contributed by atoms with E-state index in [4.69, 9.17) is 11.5 Å². The highest BCUT2D eigenvalue weighted by atomic mass is 33.1. The van der Waals surface area contributed by atoms with Crippen molar-refractivity contribution >= 4 is 27.5 Å². The van der Waals surface area contributed by atoms with E-state index in [2.05, 4.69) is 54.8 Å². The highest BCUT2D eigenvalue weighted by Crippen LogP contribution is 2.67. The smallest absolute Gasteiger partial charge is 0.223 e. The standard InChI is InChI=1S/C39H72N4OS2/c1-30(2)11-5-6-12-31-14-16-35-34-15-13-32-29-33(17-20-39(32,4)36(34)18-21-38(31,35)3)46-45-28-19-37(44)43(27-10-23-41)26-8-7-24-42-25-9-22-40/h13,30-31,33-36,42H,5-12,14-29,40-41H2,1-4H3. The lowest BCUT2D eigenvalue weighted by Crippen LogP contribution is -2.50. The van der Waals surface area contributed by atoms with Crippen LogP contribution in [0.3, 0.4) is 0 Å². The maximum atomic E-state index is 13.1. The van der Waals surface area contributed by atoms with E-state index in [1.54, 1.807) is 5.57 Å². The van der Waals surface area contributed by atoms with Crippen LogP contribution in [0.4, 0.5) is 0 Å². The van der Waals surface area contributed by atoms with Crippen molar-refractivity contribution in [3.05, 3.63) is 11.6 Å². The summed E-state index contributed by atoms with van der Waals surface area (Å²) in [7, 11) is 4.03. The molecule has 266 valence electrons. The molecule has 7 unspecified atom stereocenters. The molecule has 0 spiro atoms. The number of allylic oxidation sites excluding steroid dienone is 2. The number of rotatable bonds is 21. The molecular formula is C39H72N4OS2. The molecule has 0 aromatic heterocycles. The normalized spacial score (nSPS) is 32.2. The van der Waals surface area contributed by atoms with E-state index in [1.807, 2.05) is 10.8 Å². The lowest BCUT2D eigenvalue weighted by Gasteiger charge is -2.58. The van der Waals surface area contributed by atoms with Crippen LogP contribution in [-0.2, 0) is 4.79 Å².